The molecule has 0 atom stereocenters. The molecule has 130 valence electrons. The highest BCUT2D eigenvalue weighted by atomic mass is 16.6. The summed E-state index contributed by atoms with van der Waals surface area (Å²) in [7, 11) is 0. The van der Waals surface area contributed by atoms with Gasteiger partial charge in [-0.25, -0.2) is 0 Å². The smallest absolute Gasteiger partial charge is 0.299 e. The van der Waals surface area contributed by atoms with Crippen molar-refractivity contribution >= 4 is 28.4 Å². The summed E-state index contributed by atoms with van der Waals surface area (Å²) >= 11 is 0. The normalized spacial score (nSPS) is 11.0. The van der Waals surface area contributed by atoms with Crippen LogP contribution < -0.4 is 5.73 Å². The summed E-state index contributed by atoms with van der Waals surface area (Å²) in [6.07, 6.45) is 0. The average molecular weight is 343 g/mol. The first-order valence-electron chi connectivity index (χ1n) is 7.35. The first-order chi connectivity index (χ1) is 11.6. The van der Waals surface area contributed by atoms with Crippen molar-refractivity contribution in [2.24, 2.45) is 10.2 Å². The van der Waals surface area contributed by atoms with E-state index in [0.29, 0.717) is 16.7 Å². The van der Waals surface area contributed by atoms with Crippen molar-refractivity contribution in [2.75, 3.05) is 5.73 Å². The van der Waals surface area contributed by atoms with Crippen LogP contribution in [0.25, 0.3) is 0 Å². The van der Waals surface area contributed by atoms with Gasteiger partial charge in [-0.3, -0.25) is 20.2 Å². The molecule has 0 radical (unpaired) electrons. The van der Waals surface area contributed by atoms with E-state index in [4.69, 9.17) is 5.73 Å². The second kappa shape index (κ2) is 6.63. The molecule has 2 N–H and O–H groups in total. The Bertz CT molecular complexity index is 921. The quantitative estimate of drug-likeness (QED) is 0.370. The van der Waals surface area contributed by atoms with E-state index in [-0.39, 0.29) is 34.0 Å². The Labute approximate surface area is 143 Å². The van der Waals surface area contributed by atoms with E-state index in [1.165, 1.54) is 6.92 Å². The van der Waals surface area contributed by atoms with Crippen LogP contribution in [0.15, 0.2) is 28.4 Å². The summed E-state index contributed by atoms with van der Waals surface area (Å²) in [6, 6.07) is 4.91. The van der Waals surface area contributed by atoms with Crippen LogP contribution in [0.1, 0.15) is 22.3 Å². The summed E-state index contributed by atoms with van der Waals surface area (Å²) in [6.45, 7) is 6.44. The molecule has 9 heteroatoms. The number of azo groups is 1. The summed E-state index contributed by atoms with van der Waals surface area (Å²) in [5, 5.41) is 30.6. The van der Waals surface area contributed by atoms with E-state index in [1.807, 2.05) is 0 Å². The fraction of sp³-hybridized carbons (Fsp3) is 0.250. The first-order valence-corrected chi connectivity index (χ1v) is 7.35. The minimum absolute atomic E-state index is 0.0687. The number of hydrogen-bond acceptors (Lipinski definition) is 7. The summed E-state index contributed by atoms with van der Waals surface area (Å²) in [4.78, 5) is 21.5. The molecule has 2 rings (SSSR count). The van der Waals surface area contributed by atoms with Gasteiger partial charge in [0.2, 0.25) is 0 Å². The van der Waals surface area contributed by atoms with Gasteiger partial charge in [0, 0.05) is 5.56 Å². The number of rotatable bonds is 4. The van der Waals surface area contributed by atoms with Gasteiger partial charge in [-0.05, 0) is 44.9 Å². The lowest BCUT2D eigenvalue weighted by Crippen LogP contribution is -2.00. The maximum absolute atomic E-state index is 11.3. The van der Waals surface area contributed by atoms with Crippen molar-refractivity contribution in [3.63, 3.8) is 0 Å². The predicted octanol–water partition coefficient (Wildman–Crippen LogP) is 4.73. The number of hydrogen-bond donors (Lipinski definition) is 1. The van der Waals surface area contributed by atoms with E-state index < -0.39 is 9.85 Å². The number of nitro benzene ring substituents is 2. The number of nitro groups is 2. The van der Waals surface area contributed by atoms with Gasteiger partial charge in [0.25, 0.3) is 11.4 Å². The third-order valence-corrected chi connectivity index (χ3v) is 3.95. The molecule has 0 spiro atoms. The molecule has 0 aliphatic carbocycles. The number of nitrogen functional groups attached to an aromatic ring is 1. The van der Waals surface area contributed by atoms with Crippen molar-refractivity contribution < 1.29 is 9.85 Å². The maximum atomic E-state index is 11.3. The van der Waals surface area contributed by atoms with Crippen LogP contribution in [-0.2, 0) is 0 Å². The number of benzene rings is 2. The second-order valence-electron chi connectivity index (χ2n) is 5.71. The molecule has 0 aliphatic rings. The monoisotopic (exact) mass is 343 g/mol. The number of aryl methyl sites for hydroxylation is 3. The predicted molar refractivity (Wildman–Crippen MR) is 93.7 cm³/mol. The van der Waals surface area contributed by atoms with E-state index in [2.05, 4.69) is 10.2 Å². The van der Waals surface area contributed by atoms with Crippen LogP contribution in [0.4, 0.5) is 28.4 Å². The van der Waals surface area contributed by atoms with Gasteiger partial charge in [0.1, 0.15) is 5.69 Å². The zero-order valence-corrected chi connectivity index (χ0v) is 14.2. The molecular weight excluding hydrogens is 326 g/mol. The number of nitrogens with zero attached hydrogens (tertiary/aromatic N) is 4. The van der Waals surface area contributed by atoms with E-state index in [0.717, 1.165) is 0 Å². The van der Waals surface area contributed by atoms with Crippen molar-refractivity contribution in [3.8, 4) is 0 Å². The maximum Gasteiger partial charge on any atom is 0.299 e. The van der Waals surface area contributed by atoms with Gasteiger partial charge >= 0.3 is 0 Å². The molecule has 0 aromatic heterocycles. The minimum atomic E-state index is -0.572. The minimum Gasteiger partial charge on any atom is -0.393 e. The average Bonchev–Trinajstić information content (AvgIpc) is 2.51. The highest BCUT2D eigenvalue weighted by molar-refractivity contribution is 5.73. The van der Waals surface area contributed by atoms with Gasteiger partial charge in [-0.15, -0.1) is 10.2 Å². The fourth-order valence-electron chi connectivity index (χ4n) is 2.48. The van der Waals surface area contributed by atoms with Gasteiger partial charge in [0.05, 0.1) is 21.1 Å². The number of anilines is 1. The van der Waals surface area contributed by atoms with Crippen LogP contribution in [0, 0.1) is 47.9 Å². The van der Waals surface area contributed by atoms with Crippen LogP contribution in [0.5, 0.6) is 0 Å². The molecule has 0 saturated heterocycles. The Morgan fingerprint density at radius 3 is 2.00 bits per heavy atom. The highest BCUT2D eigenvalue weighted by Crippen LogP contribution is 2.39. The molecule has 0 heterocycles. The molecule has 0 saturated carbocycles. The lowest BCUT2D eigenvalue weighted by Gasteiger charge is -2.07. The summed E-state index contributed by atoms with van der Waals surface area (Å²) in [5.74, 6) is 0. The van der Waals surface area contributed by atoms with Gasteiger partial charge < -0.3 is 5.73 Å². The molecule has 9 nitrogen and oxygen atoms in total. The molecule has 0 amide bonds. The van der Waals surface area contributed by atoms with E-state index in [9.17, 15) is 20.2 Å². The molecule has 0 bridgehead atoms. The third-order valence-electron chi connectivity index (χ3n) is 3.95. The standard InChI is InChI=1S/C16H17N5O4/c1-8-5-6-9(2)15(20(22)23)14(8)19-18-12-7-10(3)13(17)16(11(12)4)21(24)25/h5-7H,17H2,1-4H3. The Morgan fingerprint density at radius 1 is 0.880 bits per heavy atom. The van der Waals surface area contributed by atoms with Crippen molar-refractivity contribution in [1.29, 1.82) is 0 Å². The third kappa shape index (κ3) is 3.30. The van der Waals surface area contributed by atoms with Crippen molar-refractivity contribution in [1.82, 2.24) is 0 Å². The Morgan fingerprint density at radius 2 is 1.44 bits per heavy atom. The summed E-state index contributed by atoms with van der Waals surface area (Å²) < 4.78 is 0. The molecule has 2 aromatic rings. The van der Waals surface area contributed by atoms with Crippen LogP contribution >= 0.6 is 0 Å². The first kappa shape index (κ1) is 18.0. The lowest BCUT2D eigenvalue weighted by atomic mass is 10.1. The fourth-order valence-corrected chi connectivity index (χ4v) is 2.48. The van der Waals surface area contributed by atoms with Gasteiger partial charge in [-0.1, -0.05) is 12.1 Å². The second-order valence-corrected chi connectivity index (χ2v) is 5.71. The largest absolute Gasteiger partial charge is 0.393 e. The Hall–Kier alpha value is -3.36. The van der Waals surface area contributed by atoms with Crippen LogP contribution in [-0.4, -0.2) is 9.85 Å². The van der Waals surface area contributed by atoms with Crippen molar-refractivity contribution in [3.05, 3.63) is 60.7 Å². The SMILES string of the molecule is Cc1cc(N=Nc2c(C)ccc(C)c2[N+](=O)[O-])c(C)c([N+](=O)[O-])c1N. The van der Waals surface area contributed by atoms with Gasteiger partial charge in [0.15, 0.2) is 5.69 Å². The molecule has 25 heavy (non-hydrogen) atoms. The topological polar surface area (TPSA) is 137 Å². The lowest BCUT2D eigenvalue weighted by molar-refractivity contribution is -0.384. The highest BCUT2D eigenvalue weighted by Gasteiger charge is 2.22. The van der Waals surface area contributed by atoms with Crippen molar-refractivity contribution in [2.45, 2.75) is 27.7 Å². The van der Waals surface area contributed by atoms with Gasteiger partial charge in [-0.2, -0.15) is 0 Å². The molecular formula is C16H17N5O4. The zero-order valence-electron chi connectivity index (χ0n) is 14.2. The Kier molecular flexibility index (Phi) is 4.77. The number of nitrogens with two attached hydrogens (primary N) is 1. The van der Waals surface area contributed by atoms with Crippen LogP contribution in [0.2, 0.25) is 0 Å². The zero-order chi connectivity index (χ0) is 18.9. The van der Waals surface area contributed by atoms with Crippen LogP contribution in [0.3, 0.4) is 0 Å². The van der Waals surface area contributed by atoms with E-state index >= 15 is 0 Å². The molecule has 2 aromatic carbocycles. The summed E-state index contributed by atoms with van der Waals surface area (Å²) in [5.41, 5.74) is 7.62. The molecule has 0 fully saturated rings. The Balaban J connectivity index is 2.64. The van der Waals surface area contributed by atoms with E-state index in [1.54, 1.807) is 39.0 Å². The molecule has 0 unspecified atom stereocenters. The molecule has 0 aliphatic heterocycles.